The molecule has 1 aliphatic rings. The molecule has 0 fully saturated rings. The third-order valence-electron chi connectivity index (χ3n) is 5.34. The zero-order valence-electron chi connectivity index (χ0n) is 18.5. The van der Waals surface area contributed by atoms with E-state index in [2.05, 4.69) is 44.8 Å². The zero-order chi connectivity index (χ0) is 22.1. The summed E-state index contributed by atoms with van der Waals surface area (Å²) in [5.41, 5.74) is 5.47. The predicted molar refractivity (Wildman–Crippen MR) is 126 cm³/mol. The number of carbonyl (C=O) groups is 1. The topological polar surface area (TPSA) is 29.1 Å². The second-order valence-electron chi connectivity index (χ2n) is 8.38. The van der Waals surface area contributed by atoms with E-state index < -0.39 is 0 Å². The van der Waals surface area contributed by atoms with Gasteiger partial charge in [0.25, 0.3) is 0 Å². The molecule has 0 atom stereocenters. The van der Waals surface area contributed by atoms with Gasteiger partial charge in [-0.05, 0) is 79.5 Å². The minimum absolute atomic E-state index is 0.207. The standard InChI is InChI=1S/C27H32FNO/c1-6-22(12-17-25-21(3)10-8-18-27(25,4)5)11-7-9-20(2)19-26(30)29-24-15-13-23(28)14-16-24/h6-7,9,11-17,19H,1,8,10,18H2,2-5H3,(H,29,30)/b9-7+,17-12+,20-19+,22-11+. The molecule has 0 heterocycles. The Balaban J connectivity index is 2.02. The van der Waals surface area contributed by atoms with Gasteiger partial charge in [-0.3, -0.25) is 4.79 Å². The maximum atomic E-state index is 12.9. The van der Waals surface area contributed by atoms with Gasteiger partial charge in [0.15, 0.2) is 0 Å². The number of hydrogen-bond acceptors (Lipinski definition) is 1. The van der Waals surface area contributed by atoms with Crippen molar-refractivity contribution in [1.29, 1.82) is 0 Å². The van der Waals surface area contributed by atoms with Crippen molar-refractivity contribution in [2.75, 3.05) is 5.32 Å². The van der Waals surface area contributed by atoms with E-state index in [4.69, 9.17) is 0 Å². The lowest BCUT2D eigenvalue weighted by atomic mass is 9.72. The molecule has 1 aromatic rings. The first-order chi connectivity index (χ1) is 14.2. The van der Waals surface area contributed by atoms with Gasteiger partial charge >= 0.3 is 0 Å². The fourth-order valence-corrected chi connectivity index (χ4v) is 3.66. The predicted octanol–water partition coefficient (Wildman–Crippen LogP) is 7.46. The van der Waals surface area contributed by atoms with Crippen molar-refractivity contribution >= 4 is 11.6 Å². The fourth-order valence-electron chi connectivity index (χ4n) is 3.66. The van der Waals surface area contributed by atoms with Gasteiger partial charge in [0, 0.05) is 11.8 Å². The van der Waals surface area contributed by atoms with Crippen molar-refractivity contribution in [3.8, 4) is 0 Å². The molecule has 0 saturated heterocycles. The number of allylic oxidation sites excluding steroid dienone is 10. The van der Waals surface area contributed by atoms with E-state index in [-0.39, 0.29) is 17.1 Å². The lowest BCUT2D eigenvalue weighted by Gasteiger charge is -2.32. The molecule has 0 aliphatic heterocycles. The van der Waals surface area contributed by atoms with Gasteiger partial charge in [0.1, 0.15) is 5.82 Å². The molecule has 1 aliphatic carbocycles. The van der Waals surface area contributed by atoms with E-state index in [1.165, 1.54) is 60.8 Å². The minimum Gasteiger partial charge on any atom is -0.323 e. The number of nitrogens with one attached hydrogen (secondary N) is 1. The summed E-state index contributed by atoms with van der Waals surface area (Å²) in [6.07, 6.45) is 17.0. The number of hydrogen-bond donors (Lipinski definition) is 1. The lowest BCUT2D eigenvalue weighted by molar-refractivity contribution is -0.111. The van der Waals surface area contributed by atoms with Crippen molar-refractivity contribution in [2.45, 2.75) is 47.0 Å². The second kappa shape index (κ2) is 10.7. The molecular weight excluding hydrogens is 373 g/mol. The molecule has 158 valence electrons. The first kappa shape index (κ1) is 23.3. The SMILES string of the molecule is C=CC(/C=C/C1=C(C)CCCC1(C)C)=C\C=C\C(C)=C\C(=O)Nc1ccc(F)cc1. The van der Waals surface area contributed by atoms with Gasteiger partial charge in [-0.25, -0.2) is 4.39 Å². The second-order valence-corrected chi connectivity index (χ2v) is 8.38. The number of anilines is 1. The van der Waals surface area contributed by atoms with Crippen LogP contribution in [0.15, 0.2) is 95.7 Å². The number of benzene rings is 1. The maximum Gasteiger partial charge on any atom is 0.248 e. The number of halogens is 1. The van der Waals surface area contributed by atoms with Gasteiger partial charge in [-0.1, -0.05) is 62.5 Å². The molecule has 0 aromatic heterocycles. The van der Waals surface area contributed by atoms with Gasteiger partial charge < -0.3 is 5.32 Å². The summed E-state index contributed by atoms with van der Waals surface area (Å²) in [5, 5.41) is 2.72. The number of amides is 1. The van der Waals surface area contributed by atoms with E-state index in [0.29, 0.717) is 5.69 Å². The van der Waals surface area contributed by atoms with Crippen molar-refractivity contribution < 1.29 is 9.18 Å². The molecule has 0 bridgehead atoms. The van der Waals surface area contributed by atoms with Crippen LogP contribution in [0.5, 0.6) is 0 Å². The molecule has 0 saturated carbocycles. The first-order valence-electron chi connectivity index (χ1n) is 10.4. The summed E-state index contributed by atoms with van der Waals surface area (Å²) < 4.78 is 12.9. The average molecular weight is 406 g/mol. The van der Waals surface area contributed by atoms with Crippen LogP contribution in [0.2, 0.25) is 0 Å². The molecule has 3 heteroatoms. The van der Waals surface area contributed by atoms with Crippen LogP contribution in [0.4, 0.5) is 10.1 Å². The summed E-state index contributed by atoms with van der Waals surface area (Å²) in [6, 6.07) is 5.69. The number of rotatable bonds is 7. The molecular formula is C27H32FNO. The fraction of sp³-hybridized carbons (Fsp3) is 0.296. The Labute approximate surface area is 180 Å². The van der Waals surface area contributed by atoms with Gasteiger partial charge in [0.2, 0.25) is 5.91 Å². The Hall–Kier alpha value is -2.94. The Bertz CT molecular complexity index is 924. The van der Waals surface area contributed by atoms with Crippen molar-refractivity contribution in [1.82, 2.24) is 0 Å². The average Bonchev–Trinajstić information content (AvgIpc) is 2.67. The molecule has 0 spiro atoms. The van der Waals surface area contributed by atoms with Crippen molar-refractivity contribution in [2.24, 2.45) is 5.41 Å². The zero-order valence-corrected chi connectivity index (χ0v) is 18.5. The molecule has 1 aromatic carbocycles. The summed E-state index contributed by atoms with van der Waals surface area (Å²) in [4.78, 5) is 12.1. The highest BCUT2D eigenvalue weighted by Crippen LogP contribution is 2.40. The molecule has 1 N–H and O–H groups in total. The van der Waals surface area contributed by atoms with Crippen LogP contribution in [-0.2, 0) is 4.79 Å². The normalized spacial score (nSPS) is 17.6. The Morgan fingerprint density at radius 2 is 1.90 bits per heavy atom. The monoisotopic (exact) mass is 405 g/mol. The quantitative estimate of drug-likeness (QED) is 0.370. The van der Waals surface area contributed by atoms with E-state index >= 15 is 0 Å². The van der Waals surface area contributed by atoms with E-state index in [0.717, 1.165) is 11.1 Å². The third kappa shape index (κ3) is 7.14. The minimum atomic E-state index is -0.333. The number of carbonyl (C=O) groups excluding carboxylic acids is 1. The van der Waals surface area contributed by atoms with Crippen LogP contribution >= 0.6 is 0 Å². The van der Waals surface area contributed by atoms with Crippen molar-refractivity contribution in [3.05, 3.63) is 101 Å². The van der Waals surface area contributed by atoms with E-state index in [9.17, 15) is 9.18 Å². The van der Waals surface area contributed by atoms with Crippen LogP contribution < -0.4 is 5.32 Å². The lowest BCUT2D eigenvalue weighted by Crippen LogP contribution is -2.19. The highest BCUT2D eigenvalue weighted by Gasteiger charge is 2.26. The summed E-state index contributed by atoms with van der Waals surface area (Å²) in [5.74, 6) is -0.585. The van der Waals surface area contributed by atoms with Crippen LogP contribution in [0.25, 0.3) is 0 Å². The Morgan fingerprint density at radius 1 is 1.20 bits per heavy atom. The van der Waals surface area contributed by atoms with Crippen LogP contribution in [0, 0.1) is 11.2 Å². The molecule has 0 radical (unpaired) electrons. The summed E-state index contributed by atoms with van der Waals surface area (Å²) >= 11 is 0. The van der Waals surface area contributed by atoms with Gasteiger partial charge in [-0.2, -0.15) is 0 Å². The Morgan fingerprint density at radius 3 is 2.53 bits per heavy atom. The van der Waals surface area contributed by atoms with Crippen LogP contribution in [0.1, 0.15) is 47.0 Å². The Kier molecular flexibility index (Phi) is 8.35. The van der Waals surface area contributed by atoms with Crippen molar-refractivity contribution in [3.63, 3.8) is 0 Å². The molecule has 2 rings (SSSR count). The largest absolute Gasteiger partial charge is 0.323 e. The first-order valence-corrected chi connectivity index (χ1v) is 10.4. The molecule has 0 unspecified atom stereocenters. The van der Waals surface area contributed by atoms with E-state index in [1.807, 2.05) is 31.2 Å². The summed E-state index contributed by atoms with van der Waals surface area (Å²) in [6.45, 7) is 12.6. The van der Waals surface area contributed by atoms with Crippen LogP contribution in [-0.4, -0.2) is 5.91 Å². The molecule has 1 amide bonds. The third-order valence-corrected chi connectivity index (χ3v) is 5.34. The maximum absolute atomic E-state index is 12.9. The highest BCUT2D eigenvalue weighted by molar-refractivity contribution is 5.99. The summed E-state index contributed by atoms with van der Waals surface area (Å²) in [7, 11) is 0. The highest BCUT2D eigenvalue weighted by atomic mass is 19.1. The molecule has 30 heavy (non-hydrogen) atoms. The van der Waals surface area contributed by atoms with E-state index in [1.54, 1.807) is 0 Å². The van der Waals surface area contributed by atoms with Crippen LogP contribution in [0.3, 0.4) is 0 Å². The van der Waals surface area contributed by atoms with Gasteiger partial charge in [0.05, 0.1) is 0 Å². The smallest absolute Gasteiger partial charge is 0.248 e. The molecule has 2 nitrogen and oxygen atoms in total. The van der Waals surface area contributed by atoms with Gasteiger partial charge in [-0.15, -0.1) is 0 Å².